The molecule has 5 nitrogen and oxygen atoms in total. The quantitative estimate of drug-likeness (QED) is 0.910. The van der Waals surface area contributed by atoms with Gasteiger partial charge in [-0.1, -0.05) is 18.2 Å². The molecule has 0 fully saturated rings. The van der Waals surface area contributed by atoms with E-state index in [1.165, 1.54) is 5.56 Å². The highest BCUT2D eigenvalue weighted by Crippen LogP contribution is 2.35. The van der Waals surface area contributed by atoms with Gasteiger partial charge < -0.3 is 14.5 Å². The molecule has 0 spiro atoms. The number of nitrogens with one attached hydrogen (secondary N) is 1. The molecular formula is C14H17N3O2. The molecule has 3 rings (SSSR count). The smallest absolute Gasteiger partial charge is 0.230 e. The Bertz CT molecular complexity index is 567. The van der Waals surface area contributed by atoms with Crippen molar-refractivity contribution >= 4 is 0 Å². The molecule has 0 aliphatic carbocycles. The Morgan fingerprint density at radius 2 is 2.21 bits per heavy atom. The van der Waals surface area contributed by atoms with E-state index in [0.717, 1.165) is 12.4 Å². The van der Waals surface area contributed by atoms with Gasteiger partial charge in [-0.25, -0.2) is 0 Å². The molecule has 2 atom stereocenters. The van der Waals surface area contributed by atoms with E-state index < -0.39 is 0 Å². The van der Waals surface area contributed by atoms with Crippen LogP contribution in [0.15, 0.2) is 28.7 Å². The van der Waals surface area contributed by atoms with Crippen molar-refractivity contribution < 1.29 is 9.15 Å². The number of benzene rings is 1. The molecule has 1 aliphatic rings. The third-order valence-corrected chi connectivity index (χ3v) is 3.48. The zero-order valence-corrected chi connectivity index (χ0v) is 11.1. The zero-order chi connectivity index (χ0) is 13.2. The SMILES string of the molecule is Cc1nnc(CN[C@@H](C)[C@H]2COc3ccccc32)o1. The average Bonchev–Trinajstić information content (AvgIpc) is 3.02. The maximum Gasteiger partial charge on any atom is 0.230 e. The summed E-state index contributed by atoms with van der Waals surface area (Å²) in [5.74, 6) is 2.57. The van der Waals surface area contributed by atoms with E-state index in [4.69, 9.17) is 9.15 Å². The number of aryl methyl sites for hydroxylation is 1. The Morgan fingerprint density at radius 1 is 1.37 bits per heavy atom. The molecule has 19 heavy (non-hydrogen) atoms. The van der Waals surface area contributed by atoms with Crippen LogP contribution in [0.25, 0.3) is 0 Å². The summed E-state index contributed by atoms with van der Waals surface area (Å²) in [5.41, 5.74) is 1.27. The van der Waals surface area contributed by atoms with Crippen LogP contribution >= 0.6 is 0 Å². The Labute approximate surface area is 112 Å². The number of rotatable bonds is 4. The van der Waals surface area contributed by atoms with E-state index in [0.29, 0.717) is 24.2 Å². The van der Waals surface area contributed by atoms with Crippen LogP contribution < -0.4 is 10.1 Å². The molecule has 1 aliphatic heterocycles. The summed E-state index contributed by atoms with van der Waals surface area (Å²) in [6, 6.07) is 8.48. The maximum atomic E-state index is 5.70. The summed E-state index contributed by atoms with van der Waals surface area (Å²) in [4.78, 5) is 0. The van der Waals surface area contributed by atoms with Crippen LogP contribution in [0.1, 0.15) is 30.2 Å². The lowest BCUT2D eigenvalue weighted by molar-refractivity contribution is 0.299. The first-order valence-electron chi connectivity index (χ1n) is 6.48. The fourth-order valence-electron chi connectivity index (χ4n) is 2.40. The van der Waals surface area contributed by atoms with Crippen LogP contribution in [0.2, 0.25) is 0 Å². The highest BCUT2D eigenvalue weighted by atomic mass is 16.5. The van der Waals surface area contributed by atoms with Crippen LogP contribution in [0, 0.1) is 6.92 Å². The van der Waals surface area contributed by atoms with Gasteiger partial charge in [0.25, 0.3) is 0 Å². The maximum absolute atomic E-state index is 5.70. The van der Waals surface area contributed by atoms with Crippen LogP contribution in [-0.4, -0.2) is 22.8 Å². The molecule has 0 saturated heterocycles. The fourth-order valence-corrected chi connectivity index (χ4v) is 2.40. The molecule has 100 valence electrons. The molecule has 0 unspecified atom stereocenters. The summed E-state index contributed by atoms with van der Waals surface area (Å²) < 4.78 is 11.0. The van der Waals surface area contributed by atoms with Gasteiger partial charge in [0, 0.05) is 24.4 Å². The molecule has 1 aromatic heterocycles. The molecule has 1 N–H and O–H groups in total. The Kier molecular flexibility index (Phi) is 3.21. The van der Waals surface area contributed by atoms with Crippen molar-refractivity contribution in [1.82, 2.24) is 15.5 Å². The third-order valence-electron chi connectivity index (χ3n) is 3.48. The normalized spacial score (nSPS) is 18.9. The summed E-state index contributed by atoms with van der Waals surface area (Å²) in [6.45, 7) is 5.25. The van der Waals surface area contributed by atoms with Crippen LogP contribution in [0.5, 0.6) is 5.75 Å². The van der Waals surface area contributed by atoms with E-state index in [2.05, 4.69) is 34.6 Å². The van der Waals surface area contributed by atoms with Crippen LogP contribution in [0.3, 0.4) is 0 Å². The Morgan fingerprint density at radius 3 is 3.00 bits per heavy atom. The minimum Gasteiger partial charge on any atom is -0.493 e. The van der Waals surface area contributed by atoms with Crippen molar-refractivity contribution in [3.05, 3.63) is 41.6 Å². The van der Waals surface area contributed by atoms with Crippen molar-refractivity contribution in [2.75, 3.05) is 6.61 Å². The van der Waals surface area contributed by atoms with Crippen LogP contribution in [0.4, 0.5) is 0 Å². The van der Waals surface area contributed by atoms with Gasteiger partial charge in [0.1, 0.15) is 5.75 Å². The molecule has 0 saturated carbocycles. The van der Waals surface area contributed by atoms with E-state index in [9.17, 15) is 0 Å². The standard InChI is InChI=1S/C14H17N3O2/c1-9(15-7-14-17-16-10(2)19-14)12-8-18-13-6-4-3-5-11(12)13/h3-6,9,12,15H,7-8H2,1-2H3/t9-,12+/m0/s1. The fraction of sp³-hybridized carbons (Fsp3) is 0.429. The minimum atomic E-state index is 0.288. The molecule has 0 radical (unpaired) electrons. The first-order valence-corrected chi connectivity index (χ1v) is 6.48. The van der Waals surface area contributed by atoms with Gasteiger partial charge in [0.05, 0.1) is 13.2 Å². The van der Waals surface area contributed by atoms with Gasteiger partial charge in [0.2, 0.25) is 11.8 Å². The van der Waals surface area contributed by atoms with E-state index in [1.54, 1.807) is 6.92 Å². The molecule has 0 bridgehead atoms. The highest BCUT2D eigenvalue weighted by Gasteiger charge is 2.28. The van der Waals surface area contributed by atoms with Gasteiger partial charge in [-0.05, 0) is 13.0 Å². The lowest BCUT2D eigenvalue weighted by Gasteiger charge is -2.18. The molecule has 2 aromatic rings. The molecule has 5 heteroatoms. The van der Waals surface area contributed by atoms with Gasteiger partial charge >= 0.3 is 0 Å². The largest absolute Gasteiger partial charge is 0.493 e. The van der Waals surface area contributed by atoms with Crippen molar-refractivity contribution in [3.8, 4) is 5.75 Å². The summed E-state index contributed by atoms with van der Waals surface area (Å²) in [5, 5.41) is 11.2. The van der Waals surface area contributed by atoms with E-state index in [1.807, 2.05) is 12.1 Å². The Balaban J connectivity index is 1.64. The lowest BCUT2D eigenvalue weighted by Crippen LogP contribution is -2.32. The van der Waals surface area contributed by atoms with E-state index >= 15 is 0 Å². The number of hydrogen-bond acceptors (Lipinski definition) is 5. The number of ether oxygens (including phenoxy) is 1. The third kappa shape index (κ3) is 2.46. The molecule has 0 amide bonds. The topological polar surface area (TPSA) is 60.2 Å². The van der Waals surface area contributed by atoms with E-state index in [-0.39, 0.29) is 6.04 Å². The second-order valence-corrected chi connectivity index (χ2v) is 4.84. The minimum absolute atomic E-state index is 0.288. The van der Waals surface area contributed by atoms with Crippen molar-refractivity contribution in [1.29, 1.82) is 0 Å². The van der Waals surface area contributed by atoms with Crippen molar-refractivity contribution in [3.63, 3.8) is 0 Å². The van der Waals surface area contributed by atoms with Gasteiger partial charge in [-0.3, -0.25) is 0 Å². The second kappa shape index (κ2) is 5.01. The predicted molar refractivity (Wildman–Crippen MR) is 70.0 cm³/mol. The lowest BCUT2D eigenvalue weighted by atomic mass is 9.94. The average molecular weight is 259 g/mol. The molecular weight excluding hydrogens is 242 g/mol. The number of para-hydroxylation sites is 1. The van der Waals surface area contributed by atoms with Gasteiger partial charge in [-0.2, -0.15) is 0 Å². The second-order valence-electron chi connectivity index (χ2n) is 4.84. The highest BCUT2D eigenvalue weighted by molar-refractivity contribution is 5.40. The summed E-state index contributed by atoms with van der Waals surface area (Å²) in [7, 11) is 0. The zero-order valence-electron chi connectivity index (χ0n) is 11.1. The summed E-state index contributed by atoms with van der Waals surface area (Å²) in [6.07, 6.45) is 0. The van der Waals surface area contributed by atoms with Gasteiger partial charge in [0.15, 0.2) is 0 Å². The molecule has 1 aromatic carbocycles. The monoisotopic (exact) mass is 259 g/mol. The van der Waals surface area contributed by atoms with Crippen LogP contribution in [-0.2, 0) is 6.54 Å². The molecule has 2 heterocycles. The summed E-state index contributed by atoms with van der Waals surface area (Å²) >= 11 is 0. The van der Waals surface area contributed by atoms with Crippen molar-refractivity contribution in [2.45, 2.75) is 32.4 Å². The van der Waals surface area contributed by atoms with Crippen molar-refractivity contribution in [2.24, 2.45) is 0 Å². The first kappa shape index (κ1) is 12.2. The number of nitrogens with zero attached hydrogens (tertiary/aromatic N) is 2. The number of aromatic nitrogens is 2. The predicted octanol–water partition coefficient (Wildman–Crippen LogP) is 2.03. The number of fused-ring (bicyclic) bond motifs is 1. The first-order chi connectivity index (χ1) is 9.24. The number of hydrogen-bond donors (Lipinski definition) is 1. The Hall–Kier alpha value is -1.88. The van der Waals surface area contributed by atoms with Gasteiger partial charge in [-0.15, -0.1) is 10.2 Å².